The molecule has 1 saturated heterocycles. The van der Waals surface area contributed by atoms with Gasteiger partial charge in [0.1, 0.15) is 0 Å². The molecule has 0 aromatic carbocycles. The average molecular weight is 456 g/mol. The molecule has 0 aromatic rings. The molecule has 2 N–H and O–H groups in total. The van der Waals surface area contributed by atoms with Crippen LogP contribution < -0.4 is 10.6 Å². The minimum Gasteiger partial charge on any atom is -0.379 e. The highest BCUT2D eigenvalue weighted by Gasteiger charge is 2.38. The largest absolute Gasteiger partial charge is 0.379 e. The number of thioether (sulfide) groups is 1. The first kappa shape index (κ1) is 21.3. The van der Waals surface area contributed by atoms with Crippen molar-refractivity contribution in [2.75, 3.05) is 58.4 Å². The Labute approximate surface area is 162 Å². The number of hydrogen-bond acceptors (Lipinski definition) is 4. The lowest BCUT2D eigenvalue weighted by molar-refractivity contribution is -0.0352. The van der Waals surface area contributed by atoms with E-state index < -0.39 is 0 Å². The zero-order valence-corrected chi connectivity index (χ0v) is 17.8. The van der Waals surface area contributed by atoms with Gasteiger partial charge in [0.05, 0.1) is 13.2 Å². The molecule has 0 spiro atoms. The van der Waals surface area contributed by atoms with Gasteiger partial charge >= 0.3 is 0 Å². The first-order valence-electron chi connectivity index (χ1n) is 8.57. The Balaban J connectivity index is 0.00000264. The normalized spacial score (nSPS) is 22.3. The predicted molar refractivity (Wildman–Crippen MR) is 111 cm³/mol. The molecule has 2 fully saturated rings. The van der Waals surface area contributed by atoms with Crippen LogP contribution in [0.5, 0.6) is 0 Å². The van der Waals surface area contributed by atoms with E-state index in [0.29, 0.717) is 5.54 Å². The summed E-state index contributed by atoms with van der Waals surface area (Å²) in [6.07, 6.45) is 8.79. The van der Waals surface area contributed by atoms with Crippen LogP contribution in [0.4, 0.5) is 0 Å². The lowest BCUT2D eigenvalue weighted by Crippen LogP contribution is -2.60. The average Bonchev–Trinajstić information content (AvgIpc) is 2.59. The number of morpholine rings is 1. The van der Waals surface area contributed by atoms with Crippen LogP contribution in [0.2, 0.25) is 0 Å². The molecule has 1 aliphatic carbocycles. The zero-order chi connectivity index (χ0) is 15.7. The van der Waals surface area contributed by atoms with Gasteiger partial charge in [0.25, 0.3) is 0 Å². The Morgan fingerprint density at radius 3 is 2.48 bits per heavy atom. The first-order chi connectivity index (χ1) is 10.8. The maximum Gasteiger partial charge on any atom is 0.191 e. The molecule has 1 aliphatic heterocycles. The molecule has 7 heteroatoms. The van der Waals surface area contributed by atoms with Crippen molar-refractivity contribution in [2.24, 2.45) is 4.99 Å². The number of halogens is 1. The Bertz CT molecular complexity index is 345. The Morgan fingerprint density at radius 1 is 1.17 bits per heavy atom. The fourth-order valence-electron chi connectivity index (χ4n) is 3.59. The molecule has 0 unspecified atom stereocenters. The number of nitrogens with one attached hydrogen (secondary N) is 2. The third kappa shape index (κ3) is 6.59. The Hall–Kier alpha value is 0.270. The number of nitrogens with zero attached hydrogens (tertiary/aromatic N) is 2. The van der Waals surface area contributed by atoms with Crippen molar-refractivity contribution in [3.8, 4) is 0 Å². The van der Waals surface area contributed by atoms with Crippen LogP contribution in [0, 0.1) is 0 Å². The molecule has 0 amide bonds. The highest BCUT2D eigenvalue weighted by Crippen LogP contribution is 2.33. The van der Waals surface area contributed by atoms with Crippen LogP contribution in [0.15, 0.2) is 4.99 Å². The first-order valence-corrected chi connectivity index (χ1v) is 9.96. The highest BCUT2D eigenvalue weighted by molar-refractivity contribution is 14.0. The molecular weight excluding hydrogens is 423 g/mol. The van der Waals surface area contributed by atoms with E-state index in [2.05, 4.69) is 26.8 Å². The van der Waals surface area contributed by atoms with Crippen LogP contribution in [0.25, 0.3) is 0 Å². The summed E-state index contributed by atoms with van der Waals surface area (Å²) in [5.41, 5.74) is 0.291. The fraction of sp³-hybridized carbons (Fsp3) is 0.938. The van der Waals surface area contributed by atoms with Crippen molar-refractivity contribution in [2.45, 2.75) is 37.6 Å². The minimum absolute atomic E-state index is 0. The summed E-state index contributed by atoms with van der Waals surface area (Å²) in [4.78, 5) is 7.03. The van der Waals surface area contributed by atoms with Gasteiger partial charge in [-0.05, 0) is 19.1 Å². The maximum absolute atomic E-state index is 5.55. The van der Waals surface area contributed by atoms with Crippen molar-refractivity contribution in [3.63, 3.8) is 0 Å². The lowest BCUT2D eigenvalue weighted by Gasteiger charge is -2.48. The zero-order valence-electron chi connectivity index (χ0n) is 14.6. The van der Waals surface area contributed by atoms with Crippen LogP contribution in [0.3, 0.4) is 0 Å². The SMILES string of the molecule is CN=C(NCCSC)NCC1(N2CCOCC2)CCCCC1.I. The van der Waals surface area contributed by atoms with E-state index in [0.717, 1.165) is 51.1 Å². The fourth-order valence-corrected chi connectivity index (χ4v) is 3.90. The highest BCUT2D eigenvalue weighted by atomic mass is 127. The summed E-state index contributed by atoms with van der Waals surface area (Å²) in [5.74, 6) is 2.04. The van der Waals surface area contributed by atoms with Gasteiger partial charge in [0, 0.05) is 44.5 Å². The molecule has 2 rings (SSSR count). The van der Waals surface area contributed by atoms with Crippen molar-refractivity contribution in [1.82, 2.24) is 15.5 Å². The summed E-state index contributed by atoms with van der Waals surface area (Å²) < 4.78 is 5.55. The van der Waals surface area contributed by atoms with E-state index in [4.69, 9.17) is 4.74 Å². The molecule has 0 radical (unpaired) electrons. The summed E-state index contributed by atoms with van der Waals surface area (Å²) in [6.45, 7) is 5.85. The molecule has 5 nitrogen and oxygen atoms in total. The lowest BCUT2D eigenvalue weighted by atomic mass is 9.80. The summed E-state index contributed by atoms with van der Waals surface area (Å²) >= 11 is 1.85. The van der Waals surface area contributed by atoms with Gasteiger partial charge in [-0.2, -0.15) is 11.8 Å². The van der Waals surface area contributed by atoms with E-state index >= 15 is 0 Å². The van der Waals surface area contributed by atoms with Crippen LogP contribution >= 0.6 is 35.7 Å². The minimum atomic E-state index is 0. The Morgan fingerprint density at radius 2 is 1.87 bits per heavy atom. The third-order valence-electron chi connectivity index (χ3n) is 4.87. The summed E-state index contributed by atoms with van der Waals surface area (Å²) in [5, 5.41) is 6.99. The van der Waals surface area contributed by atoms with Gasteiger partial charge in [0.2, 0.25) is 0 Å². The third-order valence-corrected chi connectivity index (χ3v) is 5.49. The van der Waals surface area contributed by atoms with E-state index in [1.54, 1.807) is 0 Å². The van der Waals surface area contributed by atoms with E-state index in [1.807, 2.05) is 18.8 Å². The molecule has 2 aliphatic rings. The van der Waals surface area contributed by atoms with Gasteiger partial charge in [-0.1, -0.05) is 19.3 Å². The molecule has 0 bridgehead atoms. The molecule has 1 saturated carbocycles. The second-order valence-corrected chi connectivity index (χ2v) is 7.22. The monoisotopic (exact) mass is 456 g/mol. The number of ether oxygens (including phenoxy) is 1. The van der Waals surface area contributed by atoms with E-state index in [9.17, 15) is 0 Å². The molecule has 0 atom stereocenters. The standard InChI is InChI=1S/C16H32N4OS.HI/c1-17-15(18-8-13-22-2)19-14-16(6-4-3-5-7-16)20-9-11-21-12-10-20;/h3-14H2,1-2H3,(H2,17,18,19);1H. The Kier molecular flexibility index (Phi) is 10.9. The second kappa shape index (κ2) is 11.8. The van der Waals surface area contributed by atoms with Crippen molar-refractivity contribution in [3.05, 3.63) is 0 Å². The number of rotatable bonds is 6. The van der Waals surface area contributed by atoms with Crippen LogP contribution in [-0.2, 0) is 4.74 Å². The van der Waals surface area contributed by atoms with Crippen molar-refractivity contribution >= 4 is 41.7 Å². The molecule has 1 heterocycles. The van der Waals surface area contributed by atoms with E-state index in [1.165, 1.54) is 32.1 Å². The number of hydrogen-bond donors (Lipinski definition) is 2. The summed E-state index contributed by atoms with van der Waals surface area (Å²) in [6, 6.07) is 0. The summed E-state index contributed by atoms with van der Waals surface area (Å²) in [7, 11) is 1.86. The van der Waals surface area contributed by atoms with E-state index in [-0.39, 0.29) is 24.0 Å². The molecule has 0 aromatic heterocycles. The molecule has 136 valence electrons. The van der Waals surface area contributed by atoms with Gasteiger partial charge < -0.3 is 15.4 Å². The second-order valence-electron chi connectivity index (χ2n) is 6.23. The molecule has 23 heavy (non-hydrogen) atoms. The van der Waals surface area contributed by atoms with Crippen molar-refractivity contribution < 1.29 is 4.74 Å². The van der Waals surface area contributed by atoms with Crippen LogP contribution in [0.1, 0.15) is 32.1 Å². The van der Waals surface area contributed by atoms with Crippen molar-refractivity contribution in [1.29, 1.82) is 0 Å². The topological polar surface area (TPSA) is 48.9 Å². The number of aliphatic imine (C=N–C) groups is 1. The maximum atomic E-state index is 5.55. The predicted octanol–water partition coefficient (Wildman–Crippen LogP) is 2.17. The number of guanidine groups is 1. The van der Waals surface area contributed by atoms with Gasteiger partial charge in [-0.25, -0.2) is 0 Å². The van der Waals surface area contributed by atoms with Gasteiger partial charge in [-0.15, -0.1) is 24.0 Å². The van der Waals surface area contributed by atoms with Crippen LogP contribution in [-0.4, -0.2) is 74.8 Å². The quantitative estimate of drug-likeness (QED) is 0.278. The van der Waals surface area contributed by atoms with Gasteiger partial charge in [-0.3, -0.25) is 9.89 Å². The smallest absolute Gasteiger partial charge is 0.191 e. The molecular formula is C16H33IN4OS. The van der Waals surface area contributed by atoms with Gasteiger partial charge in [0.15, 0.2) is 5.96 Å².